The molecule has 164 valence electrons. The highest BCUT2D eigenvalue weighted by molar-refractivity contribution is 5.79. The highest BCUT2D eigenvalue weighted by Gasteiger charge is 2.22. The van der Waals surface area contributed by atoms with Gasteiger partial charge in [-0.3, -0.25) is 14.6 Å². The van der Waals surface area contributed by atoms with Gasteiger partial charge in [0.1, 0.15) is 5.75 Å². The molecule has 3 rings (SSSR count). The van der Waals surface area contributed by atoms with E-state index < -0.39 is 0 Å². The minimum atomic E-state index is 0.202. The van der Waals surface area contributed by atoms with Crippen LogP contribution in [0.4, 0.5) is 0 Å². The van der Waals surface area contributed by atoms with Gasteiger partial charge in [-0.05, 0) is 36.6 Å². The van der Waals surface area contributed by atoms with Crippen molar-refractivity contribution in [3.63, 3.8) is 0 Å². The third-order valence-corrected chi connectivity index (χ3v) is 5.22. The van der Waals surface area contributed by atoms with Gasteiger partial charge >= 0.3 is 0 Å². The van der Waals surface area contributed by atoms with E-state index in [1.165, 1.54) is 11.1 Å². The van der Waals surface area contributed by atoms with E-state index in [-0.39, 0.29) is 6.04 Å². The van der Waals surface area contributed by atoms with Gasteiger partial charge in [0.2, 0.25) is 0 Å². The molecule has 1 fully saturated rings. The van der Waals surface area contributed by atoms with Crippen molar-refractivity contribution in [3.8, 4) is 5.75 Å². The lowest BCUT2D eigenvalue weighted by Gasteiger charge is -2.34. The zero-order valence-electron chi connectivity index (χ0n) is 18.3. The fourth-order valence-electron chi connectivity index (χ4n) is 3.59. The molecule has 0 radical (unpaired) electrons. The van der Waals surface area contributed by atoms with Crippen molar-refractivity contribution < 1.29 is 9.47 Å². The number of aryl methyl sites for hydroxylation is 1. The molecule has 0 spiro atoms. The van der Waals surface area contributed by atoms with E-state index >= 15 is 0 Å². The van der Waals surface area contributed by atoms with E-state index in [9.17, 15) is 0 Å². The Balaban J connectivity index is 1.66. The zero-order valence-corrected chi connectivity index (χ0v) is 18.3. The summed E-state index contributed by atoms with van der Waals surface area (Å²) < 4.78 is 12.7. The molecule has 1 aromatic heterocycles. The Morgan fingerprint density at radius 3 is 2.63 bits per heavy atom. The molecule has 30 heavy (non-hydrogen) atoms. The van der Waals surface area contributed by atoms with Gasteiger partial charge in [-0.15, -0.1) is 0 Å². The highest BCUT2D eigenvalue weighted by Crippen LogP contribution is 2.24. The maximum atomic E-state index is 5.55. The summed E-state index contributed by atoms with van der Waals surface area (Å²) in [5.74, 6) is 1.71. The molecule has 1 atom stereocenters. The third kappa shape index (κ3) is 6.47. The quantitative estimate of drug-likeness (QED) is 0.480. The second kappa shape index (κ2) is 11.6. The summed E-state index contributed by atoms with van der Waals surface area (Å²) >= 11 is 0. The molecule has 0 amide bonds. The summed E-state index contributed by atoms with van der Waals surface area (Å²) in [5, 5.41) is 11.0. The van der Waals surface area contributed by atoms with Crippen molar-refractivity contribution in [2.75, 3.05) is 53.0 Å². The Kier molecular flexibility index (Phi) is 8.53. The number of nitrogens with zero attached hydrogens (tertiary/aromatic N) is 4. The summed E-state index contributed by atoms with van der Waals surface area (Å²) in [6.45, 7) is 7.75. The minimum Gasteiger partial charge on any atom is -0.497 e. The van der Waals surface area contributed by atoms with Crippen molar-refractivity contribution in [2.24, 2.45) is 12.0 Å². The first kappa shape index (κ1) is 22.1. The number of hydrogen-bond donors (Lipinski definition) is 2. The number of aliphatic imine (C=N–C) groups is 1. The van der Waals surface area contributed by atoms with Crippen LogP contribution in [-0.2, 0) is 18.2 Å². The topological polar surface area (TPSA) is 75.9 Å². The zero-order chi connectivity index (χ0) is 21.2. The van der Waals surface area contributed by atoms with Crippen molar-refractivity contribution in [1.29, 1.82) is 0 Å². The normalized spacial score (nSPS) is 16.3. The Morgan fingerprint density at radius 2 is 2.00 bits per heavy atom. The second-order valence-electron chi connectivity index (χ2n) is 7.36. The van der Waals surface area contributed by atoms with Crippen LogP contribution in [0, 0.1) is 0 Å². The average Bonchev–Trinajstić information content (AvgIpc) is 3.20. The summed E-state index contributed by atoms with van der Waals surface area (Å²) in [5.41, 5.74) is 2.46. The van der Waals surface area contributed by atoms with Crippen LogP contribution in [0.15, 0.2) is 41.7 Å². The van der Waals surface area contributed by atoms with Gasteiger partial charge in [0.15, 0.2) is 5.96 Å². The molecule has 2 N–H and O–H groups in total. The first-order valence-corrected chi connectivity index (χ1v) is 10.6. The van der Waals surface area contributed by atoms with Gasteiger partial charge in [-0.2, -0.15) is 5.10 Å². The van der Waals surface area contributed by atoms with Crippen LogP contribution in [0.1, 0.15) is 24.1 Å². The van der Waals surface area contributed by atoms with Crippen LogP contribution in [0.5, 0.6) is 5.75 Å². The average molecular weight is 415 g/mol. The predicted molar refractivity (Wildman–Crippen MR) is 119 cm³/mol. The van der Waals surface area contributed by atoms with Crippen LogP contribution < -0.4 is 15.4 Å². The predicted octanol–water partition coefficient (Wildman–Crippen LogP) is 1.60. The largest absolute Gasteiger partial charge is 0.497 e. The monoisotopic (exact) mass is 414 g/mol. The van der Waals surface area contributed by atoms with Crippen LogP contribution >= 0.6 is 0 Å². The van der Waals surface area contributed by atoms with Gasteiger partial charge in [0.05, 0.1) is 39.1 Å². The number of hydrogen-bond acceptors (Lipinski definition) is 5. The molecule has 2 aromatic rings. The summed E-state index contributed by atoms with van der Waals surface area (Å²) in [6, 6.07) is 8.51. The van der Waals surface area contributed by atoms with E-state index in [2.05, 4.69) is 39.7 Å². The lowest BCUT2D eigenvalue weighted by molar-refractivity contribution is 0.0179. The molecule has 0 aliphatic carbocycles. The molecular formula is C22H34N6O2. The summed E-state index contributed by atoms with van der Waals surface area (Å²) in [4.78, 5) is 7.36. The van der Waals surface area contributed by atoms with Gasteiger partial charge in [-0.25, -0.2) is 0 Å². The lowest BCUT2D eigenvalue weighted by Crippen LogP contribution is -2.42. The van der Waals surface area contributed by atoms with Gasteiger partial charge in [0, 0.05) is 39.4 Å². The first-order valence-electron chi connectivity index (χ1n) is 10.6. The van der Waals surface area contributed by atoms with Crippen molar-refractivity contribution >= 4 is 5.96 Å². The van der Waals surface area contributed by atoms with E-state index in [1.807, 2.05) is 36.3 Å². The Morgan fingerprint density at radius 1 is 1.23 bits per heavy atom. The third-order valence-electron chi connectivity index (χ3n) is 5.22. The second-order valence-corrected chi connectivity index (χ2v) is 7.36. The Hall–Kier alpha value is -2.58. The van der Waals surface area contributed by atoms with Crippen LogP contribution in [0.3, 0.4) is 0 Å². The maximum Gasteiger partial charge on any atom is 0.191 e. The van der Waals surface area contributed by atoms with Crippen LogP contribution in [0.25, 0.3) is 0 Å². The highest BCUT2D eigenvalue weighted by atomic mass is 16.5. The Bertz CT molecular complexity index is 783. The number of morpholine rings is 1. The van der Waals surface area contributed by atoms with Crippen molar-refractivity contribution in [2.45, 2.75) is 19.4 Å². The number of aromatic nitrogens is 2. The summed E-state index contributed by atoms with van der Waals surface area (Å²) in [7, 11) is 3.63. The number of ether oxygens (including phenoxy) is 2. The number of rotatable bonds is 9. The fourth-order valence-corrected chi connectivity index (χ4v) is 3.59. The van der Waals surface area contributed by atoms with Crippen molar-refractivity contribution in [3.05, 3.63) is 47.8 Å². The molecule has 1 unspecified atom stereocenters. The molecule has 2 heterocycles. The molecular weight excluding hydrogens is 380 g/mol. The van der Waals surface area contributed by atoms with E-state index in [1.54, 1.807) is 7.11 Å². The van der Waals surface area contributed by atoms with Gasteiger partial charge < -0.3 is 20.1 Å². The molecule has 0 bridgehead atoms. The molecule has 1 saturated heterocycles. The number of nitrogens with one attached hydrogen (secondary N) is 2. The molecule has 1 aliphatic rings. The standard InChI is InChI=1S/C22H34N6O2/c1-4-23-22(24-10-9-18-15-26-27(2)17-18)25-16-21(28-11-13-30-14-12-28)19-5-7-20(29-3)8-6-19/h5-8,15,17,21H,4,9-14,16H2,1-3H3,(H2,23,24,25). The number of benzene rings is 1. The SMILES string of the molecule is CCNC(=NCC(c1ccc(OC)cc1)N1CCOCC1)NCCc1cnn(C)c1. The van der Waals surface area contributed by atoms with Crippen LogP contribution in [-0.4, -0.2) is 73.7 Å². The Labute approximate surface area is 179 Å². The lowest BCUT2D eigenvalue weighted by atomic mass is 10.0. The number of guanidine groups is 1. The molecule has 1 aromatic carbocycles. The van der Waals surface area contributed by atoms with Gasteiger partial charge in [0.25, 0.3) is 0 Å². The smallest absolute Gasteiger partial charge is 0.191 e. The minimum absolute atomic E-state index is 0.202. The van der Waals surface area contributed by atoms with E-state index in [0.717, 1.165) is 57.5 Å². The number of methoxy groups -OCH3 is 1. The van der Waals surface area contributed by atoms with Crippen molar-refractivity contribution in [1.82, 2.24) is 25.3 Å². The van der Waals surface area contributed by atoms with Crippen LogP contribution in [0.2, 0.25) is 0 Å². The molecule has 8 heteroatoms. The molecule has 1 aliphatic heterocycles. The maximum absolute atomic E-state index is 5.55. The summed E-state index contributed by atoms with van der Waals surface area (Å²) in [6.07, 6.45) is 4.86. The van der Waals surface area contributed by atoms with E-state index in [4.69, 9.17) is 14.5 Å². The van der Waals surface area contributed by atoms with Gasteiger partial charge in [-0.1, -0.05) is 12.1 Å². The fraction of sp³-hybridized carbons (Fsp3) is 0.545. The van der Waals surface area contributed by atoms with E-state index in [0.29, 0.717) is 6.54 Å². The molecule has 0 saturated carbocycles. The first-order chi connectivity index (χ1) is 14.7. The molecule has 8 nitrogen and oxygen atoms in total.